The minimum Gasteiger partial charge on any atom is -0.343 e. The summed E-state index contributed by atoms with van der Waals surface area (Å²) in [5, 5.41) is 5.22. The number of hydrogen-bond acceptors (Lipinski definition) is 3. The molecule has 0 bridgehead atoms. The standard InChI is InChI=1S/C13H23N3O2/c1-6-10(7-2)16-12(17)9(5)15-13(18)11(14)8(3)4/h6-9,11H,1,14H2,2-5H3,(H,15,18)(H,16,17)/b10-7+/t9-,11-/m0/s1. The topological polar surface area (TPSA) is 84.2 Å². The van der Waals surface area contributed by atoms with Gasteiger partial charge < -0.3 is 16.4 Å². The van der Waals surface area contributed by atoms with E-state index in [0.29, 0.717) is 5.70 Å². The number of hydrogen-bond donors (Lipinski definition) is 3. The third kappa shape index (κ3) is 5.14. The van der Waals surface area contributed by atoms with Crippen LogP contribution in [0.25, 0.3) is 0 Å². The third-order valence-corrected chi connectivity index (χ3v) is 2.57. The van der Waals surface area contributed by atoms with Crippen LogP contribution in [0.3, 0.4) is 0 Å². The van der Waals surface area contributed by atoms with Crippen LogP contribution in [0.2, 0.25) is 0 Å². The Morgan fingerprint density at radius 2 is 1.78 bits per heavy atom. The van der Waals surface area contributed by atoms with E-state index in [4.69, 9.17) is 5.73 Å². The van der Waals surface area contributed by atoms with Crippen molar-refractivity contribution in [3.05, 3.63) is 24.4 Å². The Morgan fingerprint density at radius 3 is 2.17 bits per heavy atom. The average Bonchev–Trinajstić information content (AvgIpc) is 2.33. The Hall–Kier alpha value is -1.62. The maximum absolute atomic E-state index is 11.7. The molecule has 0 radical (unpaired) electrons. The first kappa shape index (κ1) is 16.4. The van der Waals surface area contributed by atoms with Crippen molar-refractivity contribution >= 4 is 11.8 Å². The van der Waals surface area contributed by atoms with Gasteiger partial charge in [-0.2, -0.15) is 0 Å². The predicted octanol–water partition coefficient (Wildman–Crippen LogP) is 0.680. The first-order chi connectivity index (χ1) is 8.33. The molecule has 0 fully saturated rings. The number of nitrogens with one attached hydrogen (secondary N) is 2. The van der Waals surface area contributed by atoms with Gasteiger partial charge in [-0.05, 0) is 25.8 Å². The summed E-state index contributed by atoms with van der Waals surface area (Å²) in [7, 11) is 0. The fraction of sp³-hybridized carbons (Fsp3) is 0.538. The summed E-state index contributed by atoms with van der Waals surface area (Å²) in [6, 6.07) is -1.25. The largest absolute Gasteiger partial charge is 0.343 e. The van der Waals surface area contributed by atoms with Crippen LogP contribution in [0.15, 0.2) is 24.4 Å². The van der Waals surface area contributed by atoms with E-state index in [1.165, 1.54) is 6.08 Å². The van der Waals surface area contributed by atoms with E-state index < -0.39 is 12.1 Å². The molecule has 0 aliphatic heterocycles. The zero-order chi connectivity index (χ0) is 14.3. The second-order valence-corrected chi connectivity index (χ2v) is 4.44. The highest BCUT2D eigenvalue weighted by Crippen LogP contribution is 1.99. The molecule has 0 heterocycles. The molecule has 5 nitrogen and oxygen atoms in total. The Balaban J connectivity index is 4.41. The molecule has 0 spiro atoms. The van der Waals surface area contributed by atoms with Gasteiger partial charge in [0.05, 0.1) is 6.04 Å². The van der Waals surface area contributed by atoms with Crippen LogP contribution in [-0.2, 0) is 9.59 Å². The van der Waals surface area contributed by atoms with E-state index in [1.807, 2.05) is 13.8 Å². The summed E-state index contributed by atoms with van der Waals surface area (Å²) >= 11 is 0. The van der Waals surface area contributed by atoms with Crippen molar-refractivity contribution in [2.75, 3.05) is 0 Å². The summed E-state index contributed by atoms with van der Waals surface area (Å²) in [6.45, 7) is 10.7. The second-order valence-electron chi connectivity index (χ2n) is 4.44. The van der Waals surface area contributed by atoms with E-state index in [0.717, 1.165) is 0 Å². The first-order valence-corrected chi connectivity index (χ1v) is 5.99. The van der Waals surface area contributed by atoms with Gasteiger partial charge in [-0.15, -0.1) is 0 Å². The summed E-state index contributed by atoms with van der Waals surface area (Å²) in [5.74, 6) is -0.597. The molecule has 5 heteroatoms. The molecule has 0 aliphatic carbocycles. The molecule has 0 rings (SSSR count). The average molecular weight is 253 g/mol. The zero-order valence-corrected chi connectivity index (χ0v) is 11.5. The summed E-state index contributed by atoms with van der Waals surface area (Å²) < 4.78 is 0. The van der Waals surface area contributed by atoms with Gasteiger partial charge in [-0.1, -0.05) is 26.5 Å². The van der Waals surface area contributed by atoms with Gasteiger partial charge in [0, 0.05) is 5.70 Å². The Bertz CT molecular complexity index is 348. The molecule has 0 aromatic heterocycles. The first-order valence-electron chi connectivity index (χ1n) is 5.99. The van der Waals surface area contributed by atoms with Crippen LogP contribution < -0.4 is 16.4 Å². The van der Waals surface area contributed by atoms with Crippen molar-refractivity contribution in [2.24, 2.45) is 11.7 Å². The molecule has 102 valence electrons. The number of amides is 2. The highest BCUT2D eigenvalue weighted by molar-refractivity contribution is 5.90. The maximum atomic E-state index is 11.7. The van der Waals surface area contributed by atoms with Crippen LogP contribution in [0, 0.1) is 5.92 Å². The van der Waals surface area contributed by atoms with Crippen molar-refractivity contribution in [3.63, 3.8) is 0 Å². The zero-order valence-electron chi connectivity index (χ0n) is 11.5. The van der Waals surface area contributed by atoms with Crippen molar-refractivity contribution < 1.29 is 9.59 Å². The van der Waals surface area contributed by atoms with Crippen molar-refractivity contribution in [2.45, 2.75) is 39.8 Å². The van der Waals surface area contributed by atoms with Gasteiger partial charge in [0.1, 0.15) is 6.04 Å². The minimum atomic E-state index is -0.641. The van der Waals surface area contributed by atoms with Crippen LogP contribution in [0.4, 0.5) is 0 Å². The second kappa shape index (κ2) is 7.66. The van der Waals surface area contributed by atoms with Crippen LogP contribution in [0.1, 0.15) is 27.7 Å². The van der Waals surface area contributed by atoms with Crippen molar-refractivity contribution in [1.29, 1.82) is 0 Å². The molecule has 4 N–H and O–H groups in total. The van der Waals surface area contributed by atoms with E-state index >= 15 is 0 Å². The van der Waals surface area contributed by atoms with E-state index in [9.17, 15) is 9.59 Å². The molecule has 0 aromatic carbocycles. The highest BCUT2D eigenvalue weighted by Gasteiger charge is 2.21. The molecule has 0 saturated heterocycles. The van der Waals surface area contributed by atoms with E-state index in [-0.39, 0.29) is 17.7 Å². The molecule has 0 aliphatic rings. The van der Waals surface area contributed by atoms with Gasteiger partial charge in [0.25, 0.3) is 0 Å². The molecular weight excluding hydrogens is 230 g/mol. The molecule has 0 unspecified atom stereocenters. The SMILES string of the molecule is C=C/C(=C\C)NC(=O)[C@H](C)NC(=O)[C@@H](N)C(C)C. The minimum absolute atomic E-state index is 0.0273. The lowest BCUT2D eigenvalue weighted by atomic mass is 10.0. The van der Waals surface area contributed by atoms with Gasteiger partial charge >= 0.3 is 0 Å². The van der Waals surface area contributed by atoms with E-state index in [2.05, 4.69) is 17.2 Å². The Kier molecular flexibility index (Phi) is 6.97. The Labute approximate surface area is 109 Å². The van der Waals surface area contributed by atoms with Crippen molar-refractivity contribution in [3.8, 4) is 0 Å². The van der Waals surface area contributed by atoms with Crippen molar-refractivity contribution in [1.82, 2.24) is 10.6 Å². The highest BCUT2D eigenvalue weighted by atomic mass is 16.2. The van der Waals surface area contributed by atoms with Crippen LogP contribution in [-0.4, -0.2) is 23.9 Å². The third-order valence-electron chi connectivity index (χ3n) is 2.57. The fourth-order valence-corrected chi connectivity index (χ4v) is 1.17. The van der Waals surface area contributed by atoms with Gasteiger partial charge in [-0.25, -0.2) is 0 Å². The molecule has 2 amide bonds. The lowest BCUT2D eigenvalue weighted by Crippen LogP contribution is -2.51. The van der Waals surface area contributed by atoms with Gasteiger partial charge in [-0.3, -0.25) is 9.59 Å². The monoisotopic (exact) mass is 253 g/mol. The number of carbonyl (C=O) groups is 2. The Morgan fingerprint density at radius 1 is 1.22 bits per heavy atom. The predicted molar refractivity (Wildman–Crippen MR) is 72.5 cm³/mol. The van der Waals surface area contributed by atoms with E-state index in [1.54, 1.807) is 19.9 Å². The summed E-state index contributed by atoms with van der Waals surface area (Å²) in [5.41, 5.74) is 6.30. The fourth-order valence-electron chi connectivity index (χ4n) is 1.17. The van der Waals surface area contributed by atoms with Crippen LogP contribution >= 0.6 is 0 Å². The lowest BCUT2D eigenvalue weighted by molar-refractivity contribution is -0.129. The van der Waals surface area contributed by atoms with Gasteiger partial charge in [0.2, 0.25) is 11.8 Å². The molecular formula is C13H23N3O2. The quantitative estimate of drug-likeness (QED) is 0.609. The summed E-state index contributed by atoms with van der Waals surface area (Å²) in [6.07, 6.45) is 3.26. The maximum Gasteiger partial charge on any atom is 0.246 e. The number of allylic oxidation sites excluding steroid dienone is 2. The number of carbonyl (C=O) groups excluding carboxylic acids is 2. The van der Waals surface area contributed by atoms with Gasteiger partial charge in [0.15, 0.2) is 0 Å². The number of rotatable bonds is 6. The molecule has 0 saturated carbocycles. The molecule has 0 aromatic rings. The lowest BCUT2D eigenvalue weighted by Gasteiger charge is -2.19. The van der Waals surface area contributed by atoms with Crippen LogP contribution in [0.5, 0.6) is 0 Å². The molecule has 2 atom stereocenters. The smallest absolute Gasteiger partial charge is 0.246 e. The number of nitrogens with two attached hydrogens (primary N) is 1. The molecule has 18 heavy (non-hydrogen) atoms. The summed E-state index contributed by atoms with van der Waals surface area (Å²) in [4.78, 5) is 23.4. The normalized spacial score (nSPS) is 14.9.